The van der Waals surface area contributed by atoms with Gasteiger partial charge in [-0.2, -0.15) is 13.9 Å². The summed E-state index contributed by atoms with van der Waals surface area (Å²) in [6, 6.07) is 4.57. The second-order valence-corrected chi connectivity index (χ2v) is 7.80. The highest BCUT2D eigenvalue weighted by Crippen LogP contribution is 2.32. The van der Waals surface area contributed by atoms with Gasteiger partial charge in [-0.3, -0.25) is 4.68 Å². The summed E-state index contributed by atoms with van der Waals surface area (Å²) in [6.07, 6.45) is 2.68. The van der Waals surface area contributed by atoms with Crippen LogP contribution in [0.3, 0.4) is 0 Å². The Morgan fingerprint density at radius 3 is 3.03 bits per heavy atom. The largest absolute Gasteiger partial charge is 0.478 e. The molecule has 172 valence electrons. The van der Waals surface area contributed by atoms with Gasteiger partial charge in [-0.05, 0) is 25.2 Å². The molecule has 33 heavy (non-hydrogen) atoms. The van der Waals surface area contributed by atoms with Crippen molar-refractivity contribution in [1.29, 1.82) is 0 Å². The number of ether oxygens (including phenoxy) is 2. The minimum Gasteiger partial charge on any atom is -0.478 e. The Morgan fingerprint density at radius 2 is 2.27 bits per heavy atom. The fraction of sp³-hybridized carbons (Fsp3) is 0.333. The minimum atomic E-state index is -2.97. The Bertz CT molecular complexity index is 1340. The van der Waals surface area contributed by atoms with Gasteiger partial charge in [0.2, 0.25) is 0 Å². The first kappa shape index (κ1) is 21.2. The molecule has 2 N–H and O–H groups in total. The molecule has 0 bridgehead atoms. The highest BCUT2D eigenvalue weighted by atomic mass is 19.3. The first-order valence-corrected chi connectivity index (χ1v) is 10.2. The lowest BCUT2D eigenvalue weighted by Crippen LogP contribution is -2.42. The number of hydrogen-bond acceptors (Lipinski definition) is 7. The van der Waals surface area contributed by atoms with Gasteiger partial charge in [-0.25, -0.2) is 14.8 Å². The van der Waals surface area contributed by atoms with E-state index in [-0.39, 0.29) is 22.9 Å². The molecule has 5 rings (SSSR count). The van der Waals surface area contributed by atoms with Gasteiger partial charge in [0.05, 0.1) is 31.0 Å². The standard InChI is InChI=1S/C21H20F2N6O4/c1-28-4-5-32-12(9-28)10-29-16-3-2-11(33-21(22)23)6-13(16)17(27-29)15-8-25-19-18(26-15)14(7-24-19)20(30)31/h2-3,6-8,12,21H,4-5,9-10H2,1H3,(H,24,25)(H,30,31). The number of alkyl halides is 2. The van der Waals surface area contributed by atoms with Gasteiger partial charge >= 0.3 is 12.6 Å². The smallest absolute Gasteiger partial charge is 0.387 e. The molecule has 4 heterocycles. The topological polar surface area (TPSA) is 118 Å². The third-order valence-corrected chi connectivity index (χ3v) is 5.52. The van der Waals surface area contributed by atoms with Crippen LogP contribution in [0.25, 0.3) is 33.5 Å². The van der Waals surface area contributed by atoms with Crippen LogP contribution in [-0.2, 0) is 11.3 Å². The molecule has 1 aliphatic heterocycles. The van der Waals surface area contributed by atoms with E-state index < -0.39 is 12.6 Å². The Balaban J connectivity index is 1.62. The summed E-state index contributed by atoms with van der Waals surface area (Å²) >= 11 is 0. The predicted molar refractivity (Wildman–Crippen MR) is 113 cm³/mol. The predicted octanol–water partition coefficient (Wildman–Crippen LogP) is 2.60. The maximum absolute atomic E-state index is 12.8. The van der Waals surface area contributed by atoms with Gasteiger partial charge in [0, 0.05) is 24.7 Å². The van der Waals surface area contributed by atoms with Crippen molar-refractivity contribution in [3.05, 3.63) is 36.2 Å². The van der Waals surface area contributed by atoms with Crippen LogP contribution in [-0.4, -0.2) is 80.2 Å². The van der Waals surface area contributed by atoms with Gasteiger partial charge in [0.25, 0.3) is 0 Å². The summed E-state index contributed by atoms with van der Waals surface area (Å²) in [5.41, 5.74) is 1.84. The van der Waals surface area contributed by atoms with E-state index >= 15 is 0 Å². The van der Waals surface area contributed by atoms with Gasteiger partial charge in [-0.1, -0.05) is 0 Å². The normalized spacial score (nSPS) is 17.3. The van der Waals surface area contributed by atoms with Crippen LogP contribution in [0.4, 0.5) is 8.78 Å². The maximum Gasteiger partial charge on any atom is 0.387 e. The van der Waals surface area contributed by atoms with Crippen LogP contribution < -0.4 is 4.74 Å². The molecule has 1 saturated heterocycles. The Morgan fingerprint density at radius 1 is 1.42 bits per heavy atom. The number of nitrogens with zero attached hydrogens (tertiary/aromatic N) is 5. The summed E-state index contributed by atoms with van der Waals surface area (Å²) in [5, 5.41) is 14.6. The van der Waals surface area contributed by atoms with Crippen LogP contribution in [0.5, 0.6) is 5.75 Å². The third kappa shape index (κ3) is 4.10. The van der Waals surface area contributed by atoms with E-state index in [9.17, 15) is 18.7 Å². The molecular formula is C21H20F2N6O4. The minimum absolute atomic E-state index is 0.0196. The quantitative estimate of drug-likeness (QED) is 0.453. The van der Waals surface area contributed by atoms with Gasteiger partial charge in [0.1, 0.15) is 28.2 Å². The molecule has 0 amide bonds. The van der Waals surface area contributed by atoms with E-state index in [0.29, 0.717) is 41.1 Å². The van der Waals surface area contributed by atoms with Crippen molar-refractivity contribution >= 4 is 28.0 Å². The van der Waals surface area contributed by atoms with Crippen molar-refractivity contribution < 1.29 is 28.2 Å². The second kappa shape index (κ2) is 8.37. The lowest BCUT2D eigenvalue weighted by atomic mass is 10.1. The van der Waals surface area contributed by atoms with Crippen LogP contribution in [0, 0.1) is 0 Å². The number of carboxylic acid groups (broad SMARTS) is 1. The van der Waals surface area contributed by atoms with E-state index in [1.54, 1.807) is 10.7 Å². The first-order chi connectivity index (χ1) is 15.9. The zero-order valence-corrected chi connectivity index (χ0v) is 17.5. The average molecular weight is 458 g/mol. The van der Waals surface area contributed by atoms with E-state index in [1.807, 2.05) is 7.05 Å². The van der Waals surface area contributed by atoms with Crippen LogP contribution in [0.2, 0.25) is 0 Å². The number of morpholine rings is 1. The second-order valence-electron chi connectivity index (χ2n) is 7.80. The van der Waals surface area contributed by atoms with Crippen LogP contribution >= 0.6 is 0 Å². The molecule has 1 aromatic carbocycles. The molecule has 0 spiro atoms. The number of benzene rings is 1. The number of rotatable bonds is 6. The third-order valence-electron chi connectivity index (χ3n) is 5.52. The lowest BCUT2D eigenvalue weighted by molar-refractivity contribution is -0.0497. The summed E-state index contributed by atoms with van der Waals surface area (Å²) in [4.78, 5) is 25.2. The summed E-state index contributed by atoms with van der Waals surface area (Å²) in [5.74, 6) is -1.16. The zero-order valence-electron chi connectivity index (χ0n) is 17.5. The number of likely N-dealkylation sites (N-methyl/N-ethyl adjacent to an activating group) is 1. The van der Waals surface area contributed by atoms with Gasteiger partial charge < -0.3 is 24.5 Å². The van der Waals surface area contributed by atoms with Gasteiger partial charge in [-0.15, -0.1) is 0 Å². The van der Waals surface area contributed by atoms with Crippen molar-refractivity contribution in [2.45, 2.75) is 19.3 Å². The molecule has 0 aliphatic carbocycles. The van der Waals surface area contributed by atoms with Crippen molar-refractivity contribution in [3.63, 3.8) is 0 Å². The maximum atomic E-state index is 12.8. The van der Waals surface area contributed by atoms with Crippen molar-refractivity contribution in [2.24, 2.45) is 0 Å². The molecule has 0 saturated carbocycles. The molecular weight excluding hydrogens is 438 g/mol. The monoisotopic (exact) mass is 458 g/mol. The Hall–Kier alpha value is -3.64. The van der Waals surface area contributed by atoms with E-state index in [4.69, 9.17) is 4.74 Å². The number of fused-ring (bicyclic) bond motifs is 2. The molecule has 3 aromatic heterocycles. The number of aromatic carboxylic acids is 1. The number of halogens is 2. The fourth-order valence-electron chi connectivity index (χ4n) is 4.00. The summed E-state index contributed by atoms with van der Waals surface area (Å²) in [7, 11) is 2.01. The van der Waals surface area contributed by atoms with Crippen molar-refractivity contribution in [1.82, 2.24) is 29.6 Å². The fourth-order valence-corrected chi connectivity index (χ4v) is 4.00. The summed E-state index contributed by atoms with van der Waals surface area (Å²) < 4.78 is 37.8. The Labute approximate surface area is 185 Å². The highest BCUT2D eigenvalue weighted by molar-refractivity contribution is 6.01. The van der Waals surface area contributed by atoms with Crippen molar-refractivity contribution in [2.75, 3.05) is 26.7 Å². The number of aromatic nitrogens is 5. The molecule has 0 radical (unpaired) electrons. The number of aromatic amines is 1. The van der Waals surface area contributed by atoms with Crippen LogP contribution in [0.1, 0.15) is 10.4 Å². The van der Waals surface area contributed by atoms with E-state index in [0.717, 1.165) is 13.1 Å². The van der Waals surface area contributed by atoms with Crippen LogP contribution in [0.15, 0.2) is 30.6 Å². The molecule has 10 nitrogen and oxygen atoms in total. The summed E-state index contributed by atoms with van der Waals surface area (Å²) in [6.45, 7) is -0.362. The molecule has 12 heteroatoms. The average Bonchev–Trinajstić information content (AvgIpc) is 3.34. The first-order valence-electron chi connectivity index (χ1n) is 10.2. The SMILES string of the molecule is CN1CCOC(Cn2nc(-c3cnc4[nH]cc(C(=O)O)c4n3)c3cc(OC(F)F)ccc32)C1. The zero-order chi connectivity index (χ0) is 23.1. The molecule has 1 aliphatic rings. The lowest BCUT2D eigenvalue weighted by Gasteiger charge is -2.30. The number of H-pyrrole nitrogens is 1. The Kier molecular flexibility index (Phi) is 5.38. The molecule has 1 atom stereocenters. The van der Waals surface area contributed by atoms with Gasteiger partial charge in [0.15, 0.2) is 5.65 Å². The highest BCUT2D eigenvalue weighted by Gasteiger charge is 2.23. The molecule has 4 aromatic rings. The van der Waals surface area contributed by atoms with E-state index in [1.165, 1.54) is 24.5 Å². The van der Waals surface area contributed by atoms with E-state index in [2.05, 4.69) is 29.7 Å². The number of carbonyl (C=O) groups is 1. The number of nitrogens with one attached hydrogen (secondary N) is 1. The van der Waals surface area contributed by atoms with Crippen molar-refractivity contribution in [3.8, 4) is 17.1 Å². The number of hydrogen-bond donors (Lipinski definition) is 2. The number of carboxylic acids is 1. The molecule has 1 fully saturated rings. The molecule has 1 unspecified atom stereocenters.